The Morgan fingerprint density at radius 2 is 2.08 bits per heavy atom. The fraction of sp³-hybridized carbons (Fsp3) is 0.632. The van der Waals surface area contributed by atoms with Crippen LogP contribution in [-0.4, -0.2) is 26.1 Å². The summed E-state index contributed by atoms with van der Waals surface area (Å²) in [7, 11) is 0. The molecule has 26 heavy (non-hydrogen) atoms. The Balaban J connectivity index is 1.32. The molecule has 0 aliphatic heterocycles. The van der Waals surface area contributed by atoms with E-state index in [1.165, 1.54) is 12.8 Å². The van der Waals surface area contributed by atoms with Gasteiger partial charge in [0, 0.05) is 36.2 Å². The molecular weight excluding hydrogens is 330 g/mol. The van der Waals surface area contributed by atoms with Crippen molar-refractivity contribution in [3.63, 3.8) is 0 Å². The van der Waals surface area contributed by atoms with E-state index in [0.717, 1.165) is 55.1 Å². The standard InChI is InChI=1S/C19H25N5O2/c1-12-20-11-14-15(21-12)7-4-8-16(14)22-17(25)9-10-18-23-24-19(26-18)13-5-2-3-6-13/h11,13,16H,2-10H2,1H3,(H,22,25). The van der Waals surface area contributed by atoms with Gasteiger partial charge in [0.1, 0.15) is 5.82 Å². The first-order chi connectivity index (χ1) is 12.7. The number of hydrogen-bond donors (Lipinski definition) is 1. The summed E-state index contributed by atoms with van der Waals surface area (Å²) in [6.45, 7) is 1.90. The maximum absolute atomic E-state index is 12.4. The summed E-state index contributed by atoms with van der Waals surface area (Å²) in [5.41, 5.74) is 2.11. The van der Waals surface area contributed by atoms with E-state index in [2.05, 4.69) is 25.5 Å². The van der Waals surface area contributed by atoms with Crippen LogP contribution in [0, 0.1) is 6.92 Å². The zero-order valence-corrected chi connectivity index (χ0v) is 15.2. The lowest BCUT2D eigenvalue weighted by Crippen LogP contribution is -2.31. The number of fused-ring (bicyclic) bond motifs is 1. The lowest BCUT2D eigenvalue weighted by molar-refractivity contribution is -0.122. The number of aryl methyl sites for hydroxylation is 3. The molecule has 1 amide bonds. The molecule has 1 atom stereocenters. The molecule has 1 N–H and O–H groups in total. The van der Waals surface area contributed by atoms with Gasteiger partial charge in [-0.1, -0.05) is 12.8 Å². The van der Waals surface area contributed by atoms with Crippen molar-refractivity contribution in [2.24, 2.45) is 0 Å². The molecule has 0 spiro atoms. The summed E-state index contributed by atoms with van der Waals surface area (Å²) >= 11 is 0. The van der Waals surface area contributed by atoms with Gasteiger partial charge in [0.15, 0.2) is 0 Å². The second-order valence-corrected chi connectivity index (χ2v) is 7.35. The molecule has 2 aromatic heterocycles. The molecule has 1 unspecified atom stereocenters. The third-order valence-corrected chi connectivity index (χ3v) is 5.39. The van der Waals surface area contributed by atoms with E-state index in [1.54, 1.807) is 0 Å². The first-order valence-electron chi connectivity index (χ1n) is 9.63. The van der Waals surface area contributed by atoms with Crippen LogP contribution in [0.2, 0.25) is 0 Å². The molecule has 1 saturated carbocycles. The van der Waals surface area contributed by atoms with Crippen molar-refractivity contribution < 1.29 is 9.21 Å². The number of hydrogen-bond acceptors (Lipinski definition) is 6. The SMILES string of the molecule is Cc1ncc2c(n1)CCCC2NC(=O)CCc1nnc(C2CCCC2)o1. The molecule has 138 valence electrons. The van der Waals surface area contributed by atoms with Crippen LogP contribution in [0.15, 0.2) is 10.6 Å². The molecule has 2 aromatic rings. The van der Waals surface area contributed by atoms with Gasteiger partial charge in [-0.3, -0.25) is 4.79 Å². The van der Waals surface area contributed by atoms with Crippen molar-refractivity contribution in [2.75, 3.05) is 0 Å². The summed E-state index contributed by atoms with van der Waals surface area (Å²) < 4.78 is 5.76. The topological polar surface area (TPSA) is 93.8 Å². The van der Waals surface area contributed by atoms with Crippen molar-refractivity contribution in [3.8, 4) is 0 Å². The van der Waals surface area contributed by atoms with Crippen molar-refractivity contribution in [2.45, 2.75) is 76.7 Å². The minimum Gasteiger partial charge on any atom is -0.425 e. The Morgan fingerprint density at radius 3 is 2.92 bits per heavy atom. The Labute approximate surface area is 153 Å². The molecular formula is C19H25N5O2. The Hall–Kier alpha value is -2.31. The van der Waals surface area contributed by atoms with Crippen molar-refractivity contribution in [1.82, 2.24) is 25.5 Å². The predicted octanol–water partition coefficient (Wildman–Crippen LogP) is 2.95. The summed E-state index contributed by atoms with van der Waals surface area (Å²) in [5, 5.41) is 11.4. The molecule has 0 saturated heterocycles. The first-order valence-corrected chi connectivity index (χ1v) is 9.63. The lowest BCUT2D eigenvalue weighted by Gasteiger charge is -2.25. The van der Waals surface area contributed by atoms with Crippen molar-refractivity contribution >= 4 is 5.91 Å². The van der Waals surface area contributed by atoms with Gasteiger partial charge >= 0.3 is 0 Å². The molecule has 7 nitrogen and oxygen atoms in total. The van der Waals surface area contributed by atoms with Gasteiger partial charge in [-0.25, -0.2) is 9.97 Å². The highest BCUT2D eigenvalue weighted by Gasteiger charge is 2.25. The van der Waals surface area contributed by atoms with E-state index < -0.39 is 0 Å². The zero-order chi connectivity index (χ0) is 17.9. The quantitative estimate of drug-likeness (QED) is 0.886. The smallest absolute Gasteiger partial charge is 0.220 e. The van der Waals surface area contributed by atoms with E-state index in [1.807, 2.05) is 13.1 Å². The van der Waals surface area contributed by atoms with Crippen LogP contribution < -0.4 is 5.32 Å². The monoisotopic (exact) mass is 355 g/mol. The Morgan fingerprint density at radius 1 is 1.23 bits per heavy atom. The minimum atomic E-state index is 0.00332. The Kier molecular flexibility index (Phi) is 4.95. The highest BCUT2D eigenvalue weighted by atomic mass is 16.4. The third kappa shape index (κ3) is 3.76. The molecule has 2 heterocycles. The summed E-state index contributed by atoms with van der Waals surface area (Å²) in [6, 6.07) is 0.00332. The van der Waals surface area contributed by atoms with Gasteiger partial charge in [0.2, 0.25) is 17.7 Å². The van der Waals surface area contributed by atoms with Crippen molar-refractivity contribution in [3.05, 3.63) is 35.1 Å². The van der Waals surface area contributed by atoms with E-state index in [-0.39, 0.29) is 11.9 Å². The average Bonchev–Trinajstić information content (AvgIpc) is 3.31. The first kappa shape index (κ1) is 17.1. The van der Waals surface area contributed by atoms with Gasteiger partial charge in [0.05, 0.1) is 6.04 Å². The highest BCUT2D eigenvalue weighted by Crippen LogP contribution is 2.33. The number of nitrogens with one attached hydrogen (secondary N) is 1. The second-order valence-electron chi connectivity index (χ2n) is 7.35. The third-order valence-electron chi connectivity index (χ3n) is 5.39. The van der Waals surface area contributed by atoms with Crippen LogP contribution in [0.1, 0.15) is 85.8 Å². The molecule has 4 rings (SSSR count). The number of rotatable bonds is 5. The maximum Gasteiger partial charge on any atom is 0.220 e. The van der Waals surface area contributed by atoms with Crippen molar-refractivity contribution in [1.29, 1.82) is 0 Å². The number of carbonyl (C=O) groups excluding carboxylic acids is 1. The summed E-state index contributed by atoms with van der Waals surface area (Å²) in [6.07, 6.45) is 10.3. The maximum atomic E-state index is 12.4. The molecule has 1 fully saturated rings. The minimum absolute atomic E-state index is 0.00332. The number of nitrogens with zero attached hydrogens (tertiary/aromatic N) is 4. The van der Waals surface area contributed by atoms with Crippen LogP contribution in [0.25, 0.3) is 0 Å². The average molecular weight is 355 g/mol. The normalized spacial score (nSPS) is 20.1. The van der Waals surface area contributed by atoms with Crippen LogP contribution >= 0.6 is 0 Å². The number of amides is 1. The van der Waals surface area contributed by atoms with E-state index >= 15 is 0 Å². The fourth-order valence-electron chi connectivity index (χ4n) is 3.99. The molecule has 0 radical (unpaired) electrons. The molecule has 0 bridgehead atoms. The van der Waals surface area contributed by atoms with Gasteiger partial charge in [0.25, 0.3) is 0 Å². The molecule has 2 aliphatic rings. The predicted molar refractivity (Wildman–Crippen MR) is 94.4 cm³/mol. The molecule has 2 aliphatic carbocycles. The highest BCUT2D eigenvalue weighted by molar-refractivity contribution is 5.76. The second kappa shape index (κ2) is 7.51. The van der Waals surface area contributed by atoms with Crippen LogP contribution in [0.3, 0.4) is 0 Å². The fourth-order valence-corrected chi connectivity index (χ4v) is 3.99. The lowest BCUT2D eigenvalue weighted by atomic mass is 9.92. The van der Waals surface area contributed by atoms with Gasteiger partial charge in [-0.2, -0.15) is 0 Å². The number of aromatic nitrogens is 4. The molecule has 7 heteroatoms. The van der Waals surface area contributed by atoms with E-state index in [4.69, 9.17) is 4.42 Å². The van der Waals surface area contributed by atoms with Crippen LogP contribution in [0.5, 0.6) is 0 Å². The van der Waals surface area contributed by atoms with Gasteiger partial charge < -0.3 is 9.73 Å². The Bertz CT molecular complexity index is 782. The van der Waals surface area contributed by atoms with Gasteiger partial charge in [-0.05, 0) is 39.0 Å². The summed E-state index contributed by atoms with van der Waals surface area (Å²) in [4.78, 5) is 21.2. The van der Waals surface area contributed by atoms with Crippen LogP contribution in [-0.2, 0) is 17.6 Å². The van der Waals surface area contributed by atoms with Gasteiger partial charge in [-0.15, -0.1) is 10.2 Å². The molecule has 0 aromatic carbocycles. The summed E-state index contributed by atoms with van der Waals surface area (Å²) in [5.74, 6) is 2.50. The zero-order valence-electron chi connectivity index (χ0n) is 15.2. The van der Waals surface area contributed by atoms with E-state index in [0.29, 0.717) is 24.7 Å². The van der Waals surface area contributed by atoms with E-state index in [9.17, 15) is 4.79 Å². The largest absolute Gasteiger partial charge is 0.425 e. The van der Waals surface area contributed by atoms with Crippen LogP contribution in [0.4, 0.5) is 0 Å². The number of carbonyl (C=O) groups is 1.